The van der Waals surface area contributed by atoms with Gasteiger partial charge in [0.15, 0.2) is 0 Å². The van der Waals surface area contributed by atoms with E-state index in [0.29, 0.717) is 0 Å². The lowest BCUT2D eigenvalue weighted by Gasteiger charge is -2.51. The van der Waals surface area contributed by atoms with E-state index in [4.69, 9.17) is 4.74 Å². The number of ether oxygens (including phenoxy) is 1. The van der Waals surface area contributed by atoms with Crippen molar-refractivity contribution in [2.24, 2.45) is 0 Å². The molecule has 3 aliphatic rings. The molecule has 28 heavy (non-hydrogen) atoms. The molecule has 1 aliphatic carbocycles. The van der Waals surface area contributed by atoms with Gasteiger partial charge in [0.2, 0.25) is 0 Å². The van der Waals surface area contributed by atoms with Crippen molar-refractivity contribution < 1.29 is 13.4 Å². The predicted molar refractivity (Wildman–Crippen MR) is 109 cm³/mol. The lowest BCUT2D eigenvalue weighted by Crippen LogP contribution is -2.64. The fourth-order valence-electron chi connectivity index (χ4n) is 4.24. The molecule has 2 saturated heterocycles. The number of rotatable bonds is 4. The predicted octanol–water partition coefficient (Wildman–Crippen LogP) is 3.57. The highest BCUT2D eigenvalue weighted by Gasteiger charge is 2.62. The molecule has 0 aromatic carbocycles. The summed E-state index contributed by atoms with van der Waals surface area (Å²) in [5.41, 5.74) is 0.555. The zero-order valence-corrected chi connectivity index (χ0v) is 18.1. The van der Waals surface area contributed by atoms with Crippen molar-refractivity contribution in [3.05, 3.63) is 30.1 Å². The fraction of sp³-hybridized carbons (Fsp3) is 0.700. The summed E-state index contributed by atoms with van der Waals surface area (Å²) in [7, 11) is 0. The summed E-state index contributed by atoms with van der Waals surface area (Å²) >= 11 is 8.53. The quantitative estimate of drug-likeness (QED) is 0.731. The third-order valence-corrected chi connectivity index (χ3v) is 6.03. The summed E-state index contributed by atoms with van der Waals surface area (Å²) in [6.07, 6.45) is 6.71. The molecule has 0 radical (unpaired) electrons. The van der Waals surface area contributed by atoms with Crippen LogP contribution >= 0.6 is 23.7 Å². The Morgan fingerprint density at radius 2 is 1.89 bits per heavy atom. The van der Waals surface area contributed by atoms with E-state index >= 15 is 0 Å². The summed E-state index contributed by atoms with van der Waals surface area (Å²) in [6, 6.07) is 6.37. The first-order valence-electron chi connectivity index (χ1n) is 9.96. The number of carbonyl (C=O) groups is 1. The van der Waals surface area contributed by atoms with Crippen LogP contribution in [0.1, 0.15) is 45.2 Å². The summed E-state index contributed by atoms with van der Waals surface area (Å²) in [6.45, 7) is 8.14. The number of hydrogen-bond donors (Lipinski definition) is 0. The van der Waals surface area contributed by atoms with Gasteiger partial charge in [-0.1, -0.05) is 6.07 Å². The van der Waals surface area contributed by atoms with E-state index in [1.807, 2.05) is 12.3 Å². The standard InChI is InChI=1S/C20H29N3O2.Cl2O/c1-16(2)23-15-19(25-20(7-8-20)18(23)24)9-13-22(14-10-19)12-6-17-5-3-4-11-21-17;1-3-2/h3-5,11,16H,6-10,12-15H2,1-2H3;. The van der Waals surface area contributed by atoms with Gasteiger partial charge in [0.1, 0.15) is 5.60 Å². The van der Waals surface area contributed by atoms with Gasteiger partial charge in [-0.3, -0.25) is 9.78 Å². The molecule has 0 atom stereocenters. The molecule has 3 fully saturated rings. The van der Waals surface area contributed by atoms with Crippen LogP contribution in [0.3, 0.4) is 0 Å². The number of likely N-dealkylation sites (tertiary alicyclic amines) is 1. The second-order valence-corrected chi connectivity index (χ2v) is 8.74. The zero-order valence-electron chi connectivity index (χ0n) is 16.6. The third-order valence-electron chi connectivity index (χ3n) is 6.03. The van der Waals surface area contributed by atoms with Gasteiger partial charge in [-0.25, -0.2) is 0 Å². The minimum atomic E-state index is -0.474. The first-order valence-corrected chi connectivity index (χ1v) is 10.6. The number of amides is 1. The van der Waals surface area contributed by atoms with Gasteiger partial charge >= 0.3 is 0 Å². The molecule has 3 heterocycles. The molecule has 2 aliphatic heterocycles. The van der Waals surface area contributed by atoms with Gasteiger partial charge in [0, 0.05) is 44.0 Å². The van der Waals surface area contributed by atoms with Crippen LogP contribution in [0.15, 0.2) is 24.4 Å². The van der Waals surface area contributed by atoms with Crippen molar-refractivity contribution in [2.45, 2.75) is 63.2 Å². The largest absolute Gasteiger partial charge is 0.357 e. The van der Waals surface area contributed by atoms with Crippen LogP contribution in [0.4, 0.5) is 0 Å². The number of pyridine rings is 1. The highest BCUT2D eigenvalue weighted by molar-refractivity contribution is 6.24. The van der Waals surface area contributed by atoms with Crippen LogP contribution in [0.25, 0.3) is 0 Å². The molecule has 2 spiro atoms. The van der Waals surface area contributed by atoms with Crippen molar-refractivity contribution >= 4 is 29.6 Å². The van der Waals surface area contributed by atoms with Gasteiger partial charge in [0.05, 0.1) is 35.9 Å². The maximum atomic E-state index is 12.7. The van der Waals surface area contributed by atoms with E-state index in [2.05, 4.69) is 68.3 Å². The molecule has 1 saturated carbocycles. The van der Waals surface area contributed by atoms with Gasteiger partial charge < -0.3 is 14.5 Å². The van der Waals surface area contributed by atoms with Crippen molar-refractivity contribution in [3.63, 3.8) is 0 Å². The number of carbonyl (C=O) groups excluding carboxylic acids is 1. The van der Waals surface area contributed by atoms with Crippen molar-refractivity contribution in [2.75, 3.05) is 26.2 Å². The first-order chi connectivity index (χ1) is 13.4. The molecule has 6 nitrogen and oxygen atoms in total. The Morgan fingerprint density at radius 1 is 1.21 bits per heavy atom. The smallest absolute Gasteiger partial charge is 0.255 e. The SMILES string of the molecule is CC(C)N1CC2(CCN(CCc3ccccn3)CC2)OC2(CC2)C1=O.ClOCl. The van der Waals surface area contributed by atoms with Gasteiger partial charge in [-0.2, -0.15) is 3.84 Å². The fourth-order valence-corrected chi connectivity index (χ4v) is 4.24. The number of morpholine rings is 1. The highest BCUT2D eigenvalue weighted by Crippen LogP contribution is 2.50. The molecule has 1 aromatic heterocycles. The van der Waals surface area contributed by atoms with Crippen molar-refractivity contribution in [1.29, 1.82) is 0 Å². The lowest BCUT2D eigenvalue weighted by molar-refractivity contribution is -0.203. The third kappa shape index (κ3) is 4.97. The molecule has 1 aromatic rings. The normalized spacial score (nSPS) is 23.0. The van der Waals surface area contributed by atoms with Crippen molar-refractivity contribution in [1.82, 2.24) is 14.8 Å². The van der Waals surface area contributed by atoms with E-state index in [1.54, 1.807) is 0 Å². The van der Waals surface area contributed by atoms with Crippen LogP contribution < -0.4 is 0 Å². The number of piperidine rings is 1. The Labute approximate surface area is 177 Å². The Hall–Kier alpha value is -0.920. The molecular formula is C20H29Cl2N3O3. The summed E-state index contributed by atoms with van der Waals surface area (Å²) < 4.78 is 9.68. The van der Waals surface area contributed by atoms with Gasteiger partial charge in [-0.15, -0.1) is 0 Å². The molecule has 4 rings (SSSR count). The maximum Gasteiger partial charge on any atom is 0.255 e. The van der Waals surface area contributed by atoms with Gasteiger partial charge in [-0.05, 0) is 51.7 Å². The van der Waals surface area contributed by atoms with Gasteiger partial charge in [0.25, 0.3) is 5.91 Å². The number of nitrogens with zero attached hydrogens (tertiary/aromatic N) is 3. The monoisotopic (exact) mass is 429 g/mol. The second-order valence-electron chi connectivity index (χ2n) is 8.28. The Morgan fingerprint density at radius 3 is 2.43 bits per heavy atom. The minimum absolute atomic E-state index is 0.129. The lowest BCUT2D eigenvalue weighted by atomic mass is 9.87. The average Bonchev–Trinajstić information content (AvgIpc) is 3.46. The minimum Gasteiger partial charge on any atom is -0.357 e. The van der Waals surface area contributed by atoms with Crippen LogP contribution in [0.2, 0.25) is 0 Å². The Balaban J connectivity index is 0.000000706. The van der Waals surface area contributed by atoms with E-state index in [-0.39, 0.29) is 17.6 Å². The maximum absolute atomic E-state index is 12.7. The molecule has 0 N–H and O–H groups in total. The summed E-state index contributed by atoms with van der Waals surface area (Å²) in [4.78, 5) is 21.7. The molecule has 0 bridgehead atoms. The van der Waals surface area contributed by atoms with Crippen LogP contribution in [0.5, 0.6) is 0 Å². The first kappa shape index (κ1) is 21.8. The van der Waals surface area contributed by atoms with E-state index in [9.17, 15) is 4.79 Å². The molecule has 0 unspecified atom stereocenters. The highest BCUT2D eigenvalue weighted by atomic mass is 35.6. The van der Waals surface area contributed by atoms with Crippen LogP contribution in [-0.4, -0.2) is 64.1 Å². The van der Waals surface area contributed by atoms with Crippen molar-refractivity contribution in [3.8, 4) is 0 Å². The topological polar surface area (TPSA) is 54.9 Å². The number of halogens is 2. The summed E-state index contributed by atoms with van der Waals surface area (Å²) in [5, 5.41) is 0. The van der Waals surface area contributed by atoms with E-state index < -0.39 is 5.60 Å². The van der Waals surface area contributed by atoms with E-state index in [0.717, 1.165) is 64.0 Å². The summed E-state index contributed by atoms with van der Waals surface area (Å²) in [5.74, 6) is 0.228. The Kier molecular flexibility index (Phi) is 7.21. The molecule has 156 valence electrons. The second kappa shape index (κ2) is 9.26. The average molecular weight is 430 g/mol. The van der Waals surface area contributed by atoms with Crippen LogP contribution in [0, 0.1) is 0 Å². The van der Waals surface area contributed by atoms with E-state index in [1.165, 1.54) is 0 Å². The number of aromatic nitrogens is 1. The molecule has 1 amide bonds. The zero-order chi connectivity index (χ0) is 20.2. The molecular weight excluding hydrogens is 401 g/mol. The number of hydrogen-bond acceptors (Lipinski definition) is 5. The van der Waals surface area contributed by atoms with Crippen LogP contribution in [-0.2, 0) is 19.8 Å². The Bertz CT molecular complexity index is 647. The molecule has 8 heteroatoms.